The number of nitrogens with zero attached hydrogens (tertiary/aromatic N) is 2. The van der Waals surface area contributed by atoms with Gasteiger partial charge in [-0.05, 0) is 17.7 Å². The van der Waals surface area contributed by atoms with E-state index in [0.717, 1.165) is 10.5 Å². The van der Waals surface area contributed by atoms with Crippen molar-refractivity contribution in [2.45, 2.75) is 6.42 Å². The highest BCUT2D eigenvalue weighted by molar-refractivity contribution is 6.22. The number of fused-ring (bicyclic) bond motifs is 1. The van der Waals surface area contributed by atoms with Crippen molar-refractivity contribution in [3.05, 3.63) is 71.3 Å². The van der Waals surface area contributed by atoms with Crippen molar-refractivity contribution in [3.8, 4) is 0 Å². The fourth-order valence-corrected chi connectivity index (χ4v) is 2.52. The number of hydrogen-bond acceptors (Lipinski definition) is 4. The van der Waals surface area contributed by atoms with Gasteiger partial charge in [-0.25, -0.2) is 0 Å². The van der Waals surface area contributed by atoms with Crippen molar-refractivity contribution >= 4 is 17.5 Å². The quantitative estimate of drug-likeness (QED) is 0.407. The number of carbonyl (C=O) groups excluding carboxylic acids is 2. The molecule has 0 radical (unpaired) electrons. The fourth-order valence-electron chi connectivity index (χ4n) is 2.52. The van der Waals surface area contributed by atoms with Gasteiger partial charge in [0.05, 0.1) is 23.4 Å². The summed E-state index contributed by atoms with van der Waals surface area (Å²) in [6.45, 7) is -0.0161. The molecule has 0 fully saturated rings. The lowest BCUT2D eigenvalue weighted by atomic mass is 10.1. The molecule has 5 heteroatoms. The van der Waals surface area contributed by atoms with Gasteiger partial charge in [0.1, 0.15) is 0 Å². The van der Waals surface area contributed by atoms with E-state index in [9.17, 15) is 14.8 Å². The second-order valence-corrected chi connectivity index (χ2v) is 5.07. The van der Waals surface area contributed by atoms with Gasteiger partial charge in [0.25, 0.3) is 11.8 Å². The number of hydrogen-bond donors (Lipinski definition) is 1. The molecular formula is C17H14N2O3. The molecule has 0 saturated heterocycles. The van der Waals surface area contributed by atoms with Crippen LogP contribution >= 0.6 is 0 Å². The largest absolute Gasteiger partial charge is 0.411 e. The average Bonchev–Trinajstić information content (AvgIpc) is 2.80. The van der Waals surface area contributed by atoms with E-state index >= 15 is 0 Å². The molecule has 3 rings (SSSR count). The highest BCUT2D eigenvalue weighted by Crippen LogP contribution is 2.22. The van der Waals surface area contributed by atoms with Crippen LogP contribution in [-0.4, -0.2) is 34.2 Å². The molecule has 1 aliphatic rings. The average molecular weight is 294 g/mol. The van der Waals surface area contributed by atoms with Crippen LogP contribution in [0.15, 0.2) is 59.8 Å². The smallest absolute Gasteiger partial charge is 0.261 e. The Labute approximate surface area is 127 Å². The summed E-state index contributed by atoms with van der Waals surface area (Å²) in [4.78, 5) is 25.7. The standard InChI is InChI=1S/C17H14N2O3/c20-16-14-8-4-5-9-15(14)17(21)19(16)11-13(18-22)10-12-6-2-1-3-7-12/h1-9,22H,10-11H2/b18-13-. The normalized spacial score (nSPS) is 14.4. The highest BCUT2D eigenvalue weighted by atomic mass is 16.4. The first kappa shape index (κ1) is 14.0. The molecule has 1 N–H and O–H groups in total. The maximum absolute atomic E-state index is 12.3. The van der Waals surface area contributed by atoms with Crippen molar-refractivity contribution in [3.63, 3.8) is 0 Å². The predicted molar refractivity (Wildman–Crippen MR) is 81.2 cm³/mol. The van der Waals surface area contributed by atoms with Gasteiger partial charge in [0, 0.05) is 6.42 Å². The van der Waals surface area contributed by atoms with Gasteiger partial charge in [0.15, 0.2) is 0 Å². The molecule has 110 valence electrons. The monoisotopic (exact) mass is 294 g/mol. The topological polar surface area (TPSA) is 70.0 Å². The zero-order chi connectivity index (χ0) is 15.5. The van der Waals surface area contributed by atoms with Gasteiger partial charge >= 0.3 is 0 Å². The third kappa shape index (κ3) is 2.48. The molecule has 0 unspecified atom stereocenters. The molecule has 5 nitrogen and oxygen atoms in total. The van der Waals surface area contributed by atoms with Crippen molar-refractivity contribution in [2.24, 2.45) is 5.16 Å². The van der Waals surface area contributed by atoms with Crippen LogP contribution in [0, 0.1) is 0 Å². The maximum Gasteiger partial charge on any atom is 0.261 e. The minimum absolute atomic E-state index is 0.0161. The van der Waals surface area contributed by atoms with Gasteiger partial charge in [-0.3, -0.25) is 14.5 Å². The lowest BCUT2D eigenvalue weighted by molar-refractivity contribution is 0.0676. The first-order valence-electron chi connectivity index (χ1n) is 6.89. The number of amides is 2. The van der Waals surface area contributed by atoms with Gasteiger partial charge in [-0.2, -0.15) is 0 Å². The molecule has 0 saturated carbocycles. The Morgan fingerprint density at radius 2 is 1.45 bits per heavy atom. The second kappa shape index (κ2) is 5.81. The molecule has 0 atom stereocenters. The van der Waals surface area contributed by atoms with Crippen molar-refractivity contribution in [2.75, 3.05) is 6.54 Å². The Hall–Kier alpha value is -2.95. The first-order valence-corrected chi connectivity index (χ1v) is 6.89. The van der Waals surface area contributed by atoms with Crippen LogP contribution in [0.4, 0.5) is 0 Å². The van der Waals surface area contributed by atoms with Crippen molar-refractivity contribution < 1.29 is 14.8 Å². The molecule has 0 spiro atoms. The Morgan fingerprint density at radius 3 is 2.00 bits per heavy atom. The number of benzene rings is 2. The van der Waals surface area contributed by atoms with Crippen molar-refractivity contribution in [1.82, 2.24) is 4.90 Å². The van der Waals surface area contributed by atoms with Crippen LogP contribution < -0.4 is 0 Å². The van der Waals surface area contributed by atoms with Crippen LogP contribution in [0.1, 0.15) is 26.3 Å². The maximum atomic E-state index is 12.3. The zero-order valence-corrected chi connectivity index (χ0v) is 11.8. The van der Waals surface area contributed by atoms with Gasteiger partial charge in [-0.1, -0.05) is 47.6 Å². The van der Waals surface area contributed by atoms with E-state index < -0.39 is 0 Å². The summed E-state index contributed by atoms with van der Waals surface area (Å²) in [6, 6.07) is 16.1. The van der Waals surface area contributed by atoms with Gasteiger partial charge < -0.3 is 5.21 Å². The van der Waals surface area contributed by atoms with E-state index in [-0.39, 0.29) is 18.4 Å². The lowest BCUT2D eigenvalue weighted by Crippen LogP contribution is -2.35. The molecule has 0 bridgehead atoms. The van der Waals surface area contributed by atoms with E-state index in [4.69, 9.17) is 0 Å². The van der Waals surface area contributed by atoms with E-state index in [1.54, 1.807) is 24.3 Å². The van der Waals surface area contributed by atoms with E-state index in [2.05, 4.69) is 5.16 Å². The molecule has 1 aliphatic heterocycles. The summed E-state index contributed by atoms with van der Waals surface area (Å²) in [7, 11) is 0. The zero-order valence-electron chi connectivity index (χ0n) is 11.8. The summed E-state index contributed by atoms with van der Waals surface area (Å²) in [5.74, 6) is -0.704. The summed E-state index contributed by atoms with van der Waals surface area (Å²) < 4.78 is 0. The Bertz CT molecular complexity index is 719. The summed E-state index contributed by atoms with van der Waals surface area (Å²) in [6.07, 6.45) is 0.380. The van der Waals surface area contributed by atoms with E-state index in [1.807, 2.05) is 30.3 Å². The minimum atomic E-state index is -0.352. The van der Waals surface area contributed by atoms with Crippen molar-refractivity contribution in [1.29, 1.82) is 0 Å². The summed E-state index contributed by atoms with van der Waals surface area (Å²) in [5, 5.41) is 12.4. The Balaban J connectivity index is 1.79. The van der Waals surface area contributed by atoms with Crippen LogP contribution in [0.5, 0.6) is 0 Å². The number of imide groups is 1. The number of rotatable bonds is 4. The van der Waals surface area contributed by atoms with Crippen LogP contribution in [0.25, 0.3) is 0 Å². The second-order valence-electron chi connectivity index (χ2n) is 5.07. The summed E-state index contributed by atoms with van der Waals surface area (Å²) >= 11 is 0. The number of oxime groups is 1. The van der Waals surface area contributed by atoms with Crippen LogP contribution in [0.2, 0.25) is 0 Å². The minimum Gasteiger partial charge on any atom is -0.411 e. The molecule has 2 aromatic carbocycles. The molecule has 1 heterocycles. The Morgan fingerprint density at radius 1 is 0.909 bits per heavy atom. The lowest BCUT2D eigenvalue weighted by Gasteiger charge is -2.14. The first-order chi connectivity index (χ1) is 10.7. The van der Waals surface area contributed by atoms with E-state index in [0.29, 0.717) is 23.3 Å². The third-order valence-corrected chi connectivity index (χ3v) is 3.61. The third-order valence-electron chi connectivity index (χ3n) is 3.61. The molecular weight excluding hydrogens is 280 g/mol. The Kier molecular flexibility index (Phi) is 3.70. The van der Waals surface area contributed by atoms with Gasteiger partial charge in [-0.15, -0.1) is 0 Å². The molecule has 2 aromatic rings. The summed E-state index contributed by atoms with van der Waals surface area (Å²) in [5.41, 5.74) is 2.10. The fraction of sp³-hybridized carbons (Fsp3) is 0.118. The molecule has 22 heavy (non-hydrogen) atoms. The van der Waals surface area contributed by atoms with E-state index in [1.165, 1.54) is 0 Å². The van der Waals surface area contributed by atoms with Crippen LogP contribution in [-0.2, 0) is 6.42 Å². The predicted octanol–water partition coefficient (Wildman–Crippen LogP) is 2.36. The molecule has 2 amide bonds. The van der Waals surface area contributed by atoms with Gasteiger partial charge in [0.2, 0.25) is 0 Å². The highest BCUT2D eigenvalue weighted by Gasteiger charge is 2.35. The van der Waals surface area contributed by atoms with Crippen LogP contribution in [0.3, 0.4) is 0 Å². The molecule has 0 aliphatic carbocycles. The molecule has 0 aromatic heterocycles. The SMILES string of the molecule is O=C1c2ccccc2C(=O)N1C/C(Cc1ccccc1)=N\O. The number of carbonyl (C=O) groups is 2.